The van der Waals surface area contributed by atoms with Gasteiger partial charge in [0, 0.05) is 23.5 Å². The molecule has 12 heteroatoms. The standard InChI is InChI=1S/C23H34N6O6/c1-13(30)20(23(34)35)29-21(32)17(8-4-5-9-24)28-22(33)18(27-19(31)11-25)10-14-12-26-16-7-3-2-6-15(14)16/h2-3,6-7,12-13,17-18,20,26,30H,4-5,8-11,24-25H2,1H3,(H,27,31)(H,28,33)(H,29,32)(H,34,35). The second-order valence-electron chi connectivity index (χ2n) is 8.30. The summed E-state index contributed by atoms with van der Waals surface area (Å²) in [7, 11) is 0. The van der Waals surface area contributed by atoms with Crippen molar-refractivity contribution < 1.29 is 29.4 Å². The largest absolute Gasteiger partial charge is 0.480 e. The van der Waals surface area contributed by atoms with Crippen LogP contribution >= 0.6 is 0 Å². The van der Waals surface area contributed by atoms with Gasteiger partial charge in [-0.3, -0.25) is 14.4 Å². The number of rotatable bonds is 14. The quantitative estimate of drug-likeness (QED) is 0.149. The van der Waals surface area contributed by atoms with Crippen molar-refractivity contribution in [3.63, 3.8) is 0 Å². The number of nitrogens with one attached hydrogen (secondary N) is 4. The van der Waals surface area contributed by atoms with Crippen LogP contribution in [0.5, 0.6) is 0 Å². The molecule has 4 unspecified atom stereocenters. The zero-order valence-corrected chi connectivity index (χ0v) is 19.6. The van der Waals surface area contributed by atoms with Crippen LogP contribution in [0.3, 0.4) is 0 Å². The number of carbonyl (C=O) groups excluding carboxylic acids is 3. The summed E-state index contributed by atoms with van der Waals surface area (Å²) >= 11 is 0. The number of unbranched alkanes of at least 4 members (excludes halogenated alkanes) is 1. The van der Waals surface area contributed by atoms with Crippen LogP contribution in [0, 0.1) is 0 Å². The van der Waals surface area contributed by atoms with Gasteiger partial charge in [-0.05, 0) is 44.4 Å². The summed E-state index contributed by atoms with van der Waals surface area (Å²) in [5.41, 5.74) is 12.6. The average molecular weight is 491 g/mol. The number of H-pyrrole nitrogens is 1. The number of aliphatic carboxylic acids is 1. The number of aliphatic hydroxyl groups excluding tert-OH is 1. The first-order chi connectivity index (χ1) is 16.7. The molecule has 0 fully saturated rings. The fraction of sp³-hybridized carbons (Fsp3) is 0.478. The summed E-state index contributed by atoms with van der Waals surface area (Å²) in [5.74, 6) is -3.35. The van der Waals surface area contributed by atoms with Crippen molar-refractivity contribution in [2.24, 2.45) is 11.5 Å². The van der Waals surface area contributed by atoms with E-state index in [0.29, 0.717) is 19.4 Å². The summed E-state index contributed by atoms with van der Waals surface area (Å²) in [5, 5.41) is 27.3. The fourth-order valence-corrected chi connectivity index (χ4v) is 3.66. The Kier molecular flexibility index (Phi) is 10.6. The molecule has 2 aromatic rings. The molecule has 0 saturated carbocycles. The van der Waals surface area contributed by atoms with Gasteiger partial charge in [0.25, 0.3) is 0 Å². The van der Waals surface area contributed by atoms with Gasteiger partial charge in [-0.15, -0.1) is 0 Å². The number of carboxylic acid groups (broad SMARTS) is 1. The Balaban J connectivity index is 2.23. The number of aliphatic hydroxyl groups is 1. The van der Waals surface area contributed by atoms with Gasteiger partial charge in [-0.1, -0.05) is 18.2 Å². The predicted octanol–water partition coefficient (Wildman–Crippen LogP) is -1.28. The lowest BCUT2D eigenvalue weighted by molar-refractivity contribution is -0.145. The molecule has 2 rings (SSSR count). The minimum Gasteiger partial charge on any atom is -0.480 e. The maximum Gasteiger partial charge on any atom is 0.328 e. The van der Waals surface area contributed by atoms with Crippen LogP contribution in [0.2, 0.25) is 0 Å². The third kappa shape index (κ3) is 8.05. The van der Waals surface area contributed by atoms with Crippen LogP contribution < -0.4 is 27.4 Å². The minimum absolute atomic E-state index is 0.129. The summed E-state index contributed by atoms with van der Waals surface area (Å²) in [6, 6.07) is 3.79. The lowest BCUT2D eigenvalue weighted by Crippen LogP contribution is -2.58. The number of carboxylic acids is 1. The molecule has 0 saturated heterocycles. The van der Waals surface area contributed by atoms with E-state index >= 15 is 0 Å². The average Bonchev–Trinajstić information content (AvgIpc) is 3.23. The van der Waals surface area contributed by atoms with Crippen molar-refractivity contribution in [1.29, 1.82) is 0 Å². The molecule has 1 heterocycles. The number of carbonyl (C=O) groups is 4. The molecule has 1 aromatic heterocycles. The highest BCUT2D eigenvalue weighted by atomic mass is 16.4. The van der Waals surface area contributed by atoms with E-state index in [4.69, 9.17) is 11.5 Å². The lowest BCUT2D eigenvalue weighted by atomic mass is 10.0. The predicted molar refractivity (Wildman–Crippen MR) is 129 cm³/mol. The summed E-state index contributed by atoms with van der Waals surface area (Å²) in [6.45, 7) is 1.29. The number of nitrogens with two attached hydrogens (primary N) is 2. The number of amides is 3. The van der Waals surface area contributed by atoms with E-state index in [2.05, 4.69) is 20.9 Å². The number of hydrogen-bond acceptors (Lipinski definition) is 7. The van der Waals surface area contributed by atoms with Gasteiger partial charge < -0.3 is 42.6 Å². The van der Waals surface area contributed by atoms with Crippen LogP contribution in [-0.4, -0.2) is 76.2 Å². The van der Waals surface area contributed by atoms with Gasteiger partial charge in [-0.25, -0.2) is 4.79 Å². The van der Waals surface area contributed by atoms with Gasteiger partial charge in [0.15, 0.2) is 6.04 Å². The van der Waals surface area contributed by atoms with Crippen LogP contribution in [0.4, 0.5) is 0 Å². The third-order valence-corrected chi connectivity index (χ3v) is 5.56. The second-order valence-corrected chi connectivity index (χ2v) is 8.30. The molecule has 10 N–H and O–H groups in total. The molecule has 12 nitrogen and oxygen atoms in total. The Bertz CT molecular complexity index is 1020. The summed E-state index contributed by atoms with van der Waals surface area (Å²) < 4.78 is 0. The smallest absolute Gasteiger partial charge is 0.328 e. The van der Waals surface area contributed by atoms with Crippen molar-refractivity contribution in [3.05, 3.63) is 36.0 Å². The normalized spacial score (nSPS) is 14.5. The number of hydrogen-bond donors (Lipinski definition) is 8. The second kappa shape index (κ2) is 13.4. The highest BCUT2D eigenvalue weighted by molar-refractivity contribution is 5.94. The number of aromatic nitrogens is 1. The molecule has 0 aliphatic heterocycles. The van der Waals surface area contributed by atoms with E-state index in [1.165, 1.54) is 6.92 Å². The minimum atomic E-state index is -1.55. The molecule has 1 aromatic carbocycles. The van der Waals surface area contributed by atoms with E-state index < -0.39 is 47.9 Å². The van der Waals surface area contributed by atoms with Crippen LogP contribution in [0.1, 0.15) is 31.7 Å². The molecule has 3 amide bonds. The van der Waals surface area contributed by atoms with Crippen molar-refractivity contribution in [2.45, 2.75) is 56.8 Å². The van der Waals surface area contributed by atoms with Gasteiger partial charge in [0.2, 0.25) is 17.7 Å². The van der Waals surface area contributed by atoms with Gasteiger partial charge in [0.05, 0.1) is 12.6 Å². The van der Waals surface area contributed by atoms with Crippen molar-refractivity contribution in [2.75, 3.05) is 13.1 Å². The van der Waals surface area contributed by atoms with E-state index in [-0.39, 0.29) is 19.4 Å². The van der Waals surface area contributed by atoms with Crippen molar-refractivity contribution >= 4 is 34.6 Å². The maximum absolute atomic E-state index is 13.2. The van der Waals surface area contributed by atoms with E-state index in [0.717, 1.165) is 16.5 Å². The Morgan fingerprint density at radius 2 is 1.69 bits per heavy atom. The highest BCUT2D eigenvalue weighted by Gasteiger charge is 2.31. The molecular weight excluding hydrogens is 456 g/mol. The molecule has 0 aliphatic rings. The fourth-order valence-electron chi connectivity index (χ4n) is 3.66. The van der Waals surface area contributed by atoms with E-state index in [1.54, 1.807) is 6.20 Å². The van der Waals surface area contributed by atoms with Crippen LogP contribution in [-0.2, 0) is 25.6 Å². The number of aromatic amines is 1. The maximum atomic E-state index is 13.2. The zero-order chi connectivity index (χ0) is 26.0. The Morgan fingerprint density at radius 1 is 1.00 bits per heavy atom. The highest BCUT2D eigenvalue weighted by Crippen LogP contribution is 2.19. The molecule has 0 aliphatic carbocycles. The van der Waals surface area contributed by atoms with Gasteiger partial charge in [-0.2, -0.15) is 0 Å². The summed E-state index contributed by atoms with van der Waals surface area (Å²) in [6.07, 6.45) is 1.78. The molecule has 192 valence electrons. The summed E-state index contributed by atoms with van der Waals surface area (Å²) in [4.78, 5) is 52.6. The third-order valence-electron chi connectivity index (χ3n) is 5.56. The first-order valence-corrected chi connectivity index (χ1v) is 11.4. The first-order valence-electron chi connectivity index (χ1n) is 11.4. The Labute approximate surface area is 202 Å². The SMILES string of the molecule is CC(O)C(NC(=O)C(CCCCN)NC(=O)C(Cc1c[nH]c2ccccc12)NC(=O)CN)C(=O)O. The van der Waals surface area contributed by atoms with Gasteiger partial charge in [0.1, 0.15) is 12.1 Å². The monoisotopic (exact) mass is 490 g/mol. The molecule has 0 radical (unpaired) electrons. The Morgan fingerprint density at radius 3 is 2.31 bits per heavy atom. The molecule has 4 atom stereocenters. The van der Waals surface area contributed by atoms with Crippen LogP contribution in [0.15, 0.2) is 30.5 Å². The zero-order valence-electron chi connectivity index (χ0n) is 19.6. The molecule has 0 bridgehead atoms. The first kappa shape index (κ1) is 27.8. The number of fused-ring (bicyclic) bond motifs is 1. The van der Waals surface area contributed by atoms with E-state index in [1.807, 2.05) is 24.3 Å². The van der Waals surface area contributed by atoms with Gasteiger partial charge >= 0.3 is 5.97 Å². The van der Waals surface area contributed by atoms with Crippen molar-refractivity contribution in [3.8, 4) is 0 Å². The molecule has 0 spiro atoms. The topological polar surface area (TPSA) is 213 Å². The Hall–Kier alpha value is -3.48. The van der Waals surface area contributed by atoms with Crippen molar-refractivity contribution in [1.82, 2.24) is 20.9 Å². The van der Waals surface area contributed by atoms with Crippen LogP contribution in [0.25, 0.3) is 10.9 Å². The number of para-hydroxylation sites is 1. The van der Waals surface area contributed by atoms with E-state index in [9.17, 15) is 29.4 Å². The molecular formula is C23H34N6O6. The lowest BCUT2D eigenvalue weighted by Gasteiger charge is -2.25. The molecule has 35 heavy (non-hydrogen) atoms. The number of benzene rings is 1.